The van der Waals surface area contributed by atoms with E-state index in [0.717, 1.165) is 25.9 Å². The molecule has 0 radical (unpaired) electrons. The van der Waals surface area contributed by atoms with E-state index in [1.165, 1.54) is 12.8 Å². The minimum absolute atomic E-state index is 0.143. The van der Waals surface area contributed by atoms with Gasteiger partial charge in [-0.15, -0.1) is 0 Å². The van der Waals surface area contributed by atoms with E-state index in [1.54, 1.807) is 17.1 Å². The first-order chi connectivity index (χ1) is 9.08. The third-order valence-electron chi connectivity index (χ3n) is 4.63. The van der Waals surface area contributed by atoms with Gasteiger partial charge in [-0.05, 0) is 18.3 Å². The van der Waals surface area contributed by atoms with Crippen molar-refractivity contribution in [1.82, 2.24) is 14.7 Å². The Labute approximate surface area is 114 Å². The summed E-state index contributed by atoms with van der Waals surface area (Å²) >= 11 is 0. The first-order valence-corrected chi connectivity index (χ1v) is 7.14. The number of nitrogens with zero attached hydrogens (tertiary/aromatic N) is 3. The van der Waals surface area contributed by atoms with Gasteiger partial charge in [-0.2, -0.15) is 5.10 Å². The van der Waals surface area contributed by atoms with Gasteiger partial charge in [0.25, 0.3) is 0 Å². The van der Waals surface area contributed by atoms with Crippen molar-refractivity contribution >= 4 is 11.6 Å². The molecule has 19 heavy (non-hydrogen) atoms. The molecular weight excluding hydrogens is 240 g/mol. The number of amides is 1. The summed E-state index contributed by atoms with van der Waals surface area (Å²) in [6.45, 7) is 6.55. The van der Waals surface area contributed by atoms with Crippen molar-refractivity contribution < 1.29 is 4.79 Å². The Kier molecular flexibility index (Phi) is 4.12. The van der Waals surface area contributed by atoms with E-state index < -0.39 is 0 Å². The third kappa shape index (κ3) is 3.08. The predicted molar refractivity (Wildman–Crippen MR) is 75.5 cm³/mol. The number of likely N-dealkylation sites (tertiary alicyclic amines) is 1. The van der Waals surface area contributed by atoms with Crippen molar-refractivity contribution in [2.45, 2.75) is 46.1 Å². The summed E-state index contributed by atoms with van der Waals surface area (Å²) in [6, 6.07) is 0. The number of anilines is 1. The second kappa shape index (κ2) is 5.63. The minimum Gasteiger partial charge on any atom is -0.396 e. The Hall–Kier alpha value is -1.52. The summed E-state index contributed by atoms with van der Waals surface area (Å²) in [4.78, 5) is 14.1. The van der Waals surface area contributed by atoms with Gasteiger partial charge in [-0.25, -0.2) is 0 Å². The van der Waals surface area contributed by atoms with E-state index in [4.69, 9.17) is 5.73 Å². The summed E-state index contributed by atoms with van der Waals surface area (Å²) in [7, 11) is 0. The Morgan fingerprint density at radius 2 is 2.00 bits per heavy atom. The maximum atomic E-state index is 12.2. The number of nitrogens with two attached hydrogens (primary N) is 1. The van der Waals surface area contributed by atoms with Gasteiger partial charge in [-0.1, -0.05) is 26.7 Å². The lowest BCUT2D eigenvalue weighted by atomic mass is 9.74. The molecule has 1 saturated heterocycles. The van der Waals surface area contributed by atoms with Gasteiger partial charge in [-0.3, -0.25) is 9.48 Å². The van der Waals surface area contributed by atoms with Crippen LogP contribution in [0.2, 0.25) is 0 Å². The van der Waals surface area contributed by atoms with Crippen LogP contribution in [0.4, 0.5) is 5.69 Å². The molecule has 0 atom stereocenters. The summed E-state index contributed by atoms with van der Waals surface area (Å²) in [5.74, 6) is 0.143. The largest absolute Gasteiger partial charge is 0.396 e. The molecule has 0 aliphatic carbocycles. The summed E-state index contributed by atoms with van der Waals surface area (Å²) in [6.07, 6.45) is 7.93. The molecule has 0 saturated carbocycles. The molecule has 2 heterocycles. The Morgan fingerprint density at radius 1 is 1.37 bits per heavy atom. The van der Waals surface area contributed by atoms with Gasteiger partial charge in [0.05, 0.1) is 11.9 Å². The van der Waals surface area contributed by atoms with E-state index >= 15 is 0 Å². The fourth-order valence-electron chi connectivity index (χ4n) is 2.89. The Morgan fingerprint density at radius 3 is 2.47 bits per heavy atom. The van der Waals surface area contributed by atoms with Crippen LogP contribution in [0.15, 0.2) is 12.4 Å². The lowest BCUT2D eigenvalue weighted by molar-refractivity contribution is -0.134. The molecule has 2 rings (SSSR count). The van der Waals surface area contributed by atoms with Gasteiger partial charge in [0, 0.05) is 19.3 Å². The fraction of sp³-hybridized carbons (Fsp3) is 0.714. The van der Waals surface area contributed by atoms with Crippen molar-refractivity contribution in [2.24, 2.45) is 5.41 Å². The molecule has 5 heteroatoms. The number of aromatic nitrogens is 2. The molecule has 106 valence electrons. The molecule has 1 amide bonds. The van der Waals surface area contributed by atoms with E-state index in [1.807, 2.05) is 4.90 Å². The van der Waals surface area contributed by atoms with Crippen LogP contribution in [0.3, 0.4) is 0 Å². The summed E-state index contributed by atoms with van der Waals surface area (Å²) in [5, 5.41) is 4.06. The fourth-order valence-corrected chi connectivity index (χ4v) is 2.89. The van der Waals surface area contributed by atoms with E-state index in [0.29, 0.717) is 17.6 Å². The zero-order valence-corrected chi connectivity index (χ0v) is 11.9. The highest BCUT2D eigenvalue weighted by Gasteiger charge is 2.32. The zero-order valence-electron chi connectivity index (χ0n) is 11.9. The van der Waals surface area contributed by atoms with Crippen LogP contribution in [-0.4, -0.2) is 33.7 Å². The van der Waals surface area contributed by atoms with Crippen molar-refractivity contribution in [1.29, 1.82) is 0 Å². The van der Waals surface area contributed by atoms with Crippen LogP contribution in [-0.2, 0) is 11.3 Å². The number of piperidine rings is 1. The quantitative estimate of drug-likeness (QED) is 0.903. The highest BCUT2D eigenvalue weighted by molar-refractivity contribution is 5.76. The molecule has 0 aromatic carbocycles. The number of rotatable bonds is 4. The van der Waals surface area contributed by atoms with Crippen LogP contribution in [0.1, 0.15) is 39.5 Å². The SMILES string of the molecule is CCC1(CC)CCN(C(=O)Cn2cc(N)cn2)CC1. The summed E-state index contributed by atoms with van der Waals surface area (Å²) in [5.41, 5.74) is 6.65. The first kappa shape index (κ1) is 13.9. The maximum Gasteiger partial charge on any atom is 0.244 e. The van der Waals surface area contributed by atoms with Gasteiger partial charge in [0.2, 0.25) is 5.91 Å². The monoisotopic (exact) mass is 264 g/mol. The van der Waals surface area contributed by atoms with Gasteiger partial charge < -0.3 is 10.6 Å². The maximum absolute atomic E-state index is 12.2. The van der Waals surface area contributed by atoms with E-state index in [9.17, 15) is 4.79 Å². The summed E-state index contributed by atoms with van der Waals surface area (Å²) < 4.78 is 1.61. The van der Waals surface area contributed by atoms with Gasteiger partial charge in [0.15, 0.2) is 0 Å². The standard InChI is InChI=1S/C14H24N4O/c1-3-14(4-2)5-7-17(8-6-14)13(19)11-18-10-12(15)9-16-18/h9-10H,3-8,11,15H2,1-2H3. The molecule has 2 N–H and O–H groups in total. The average Bonchev–Trinajstić information content (AvgIpc) is 2.84. The lowest BCUT2D eigenvalue weighted by Gasteiger charge is -2.41. The second-order valence-corrected chi connectivity index (χ2v) is 5.56. The van der Waals surface area contributed by atoms with Crippen molar-refractivity contribution in [3.63, 3.8) is 0 Å². The number of carbonyl (C=O) groups excluding carboxylic acids is 1. The minimum atomic E-state index is 0.143. The molecule has 0 unspecified atom stereocenters. The van der Waals surface area contributed by atoms with Gasteiger partial charge >= 0.3 is 0 Å². The second-order valence-electron chi connectivity index (χ2n) is 5.56. The highest BCUT2D eigenvalue weighted by Crippen LogP contribution is 2.37. The normalized spacial score (nSPS) is 18.5. The van der Waals surface area contributed by atoms with Crippen LogP contribution < -0.4 is 5.73 Å². The molecule has 0 bridgehead atoms. The lowest BCUT2D eigenvalue weighted by Crippen LogP contribution is -2.44. The van der Waals surface area contributed by atoms with E-state index in [2.05, 4.69) is 18.9 Å². The molecule has 1 aromatic heterocycles. The topological polar surface area (TPSA) is 64.2 Å². The van der Waals surface area contributed by atoms with Crippen LogP contribution in [0, 0.1) is 5.41 Å². The van der Waals surface area contributed by atoms with Crippen molar-refractivity contribution in [3.05, 3.63) is 12.4 Å². The molecule has 1 fully saturated rings. The average molecular weight is 264 g/mol. The highest BCUT2D eigenvalue weighted by atomic mass is 16.2. The smallest absolute Gasteiger partial charge is 0.244 e. The van der Waals surface area contributed by atoms with Crippen molar-refractivity contribution in [3.8, 4) is 0 Å². The Bertz CT molecular complexity index is 426. The Balaban J connectivity index is 1.89. The molecule has 5 nitrogen and oxygen atoms in total. The van der Waals surface area contributed by atoms with Crippen LogP contribution >= 0.6 is 0 Å². The molecular formula is C14H24N4O. The molecule has 0 spiro atoms. The predicted octanol–water partition coefficient (Wildman–Crippen LogP) is 1.89. The molecule has 1 aromatic rings. The zero-order chi connectivity index (χ0) is 13.9. The van der Waals surface area contributed by atoms with Gasteiger partial charge in [0.1, 0.15) is 6.54 Å². The van der Waals surface area contributed by atoms with Crippen LogP contribution in [0.5, 0.6) is 0 Å². The molecule has 1 aliphatic heterocycles. The number of nitrogen functional groups attached to an aromatic ring is 1. The van der Waals surface area contributed by atoms with Crippen molar-refractivity contribution in [2.75, 3.05) is 18.8 Å². The van der Waals surface area contributed by atoms with E-state index in [-0.39, 0.29) is 5.91 Å². The number of carbonyl (C=O) groups is 1. The number of hydrogen-bond acceptors (Lipinski definition) is 3. The first-order valence-electron chi connectivity index (χ1n) is 7.14. The third-order valence-corrected chi connectivity index (χ3v) is 4.63. The molecule has 1 aliphatic rings. The number of hydrogen-bond donors (Lipinski definition) is 1. The van der Waals surface area contributed by atoms with Crippen LogP contribution in [0.25, 0.3) is 0 Å².